The van der Waals surface area contributed by atoms with E-state index in [0.29, 0.717) is 6.04 Å². The molecule has 0 aromatic heterocycles. The number of carbonyl (C=O) groups is 1. The van der Waals surface area contributed by atoms with Gasteiger partial charge in [0, 0.05) is 6.04 Å². The highest BCUT2D eigenvalue weighted by Crippen LogP contribution is 2.40. The lowest BCUT2D eigenvalue weighted by Crippen LogP contribution is -2.48. The quantitative estimate of drug-likeness (QED) is 0.725. The van der Waals surface area contributed by atoms with Gasteiger partial charge < -0.3 is 4.90 Å². The zero-order valence-electron chi connectivity index (χ0n) is 10.4. The normalized spacial score (nSPS) is 29.2. The van der Waals surface area contributed by atoms with E-state index in [-0.39, 0.29) is 17.2 Å². The molecule has 1 amide bonds. The minimum Gasteiger partial charge on any atom is -0.325 e. The Morgan fingerprint density at radius 2 is 2.18 bits per heavy atom. The summed E-state index contributed by atoms with van der Waals surface area (Å²) in [6.45, 7) is 2.31. The van der Waals surface area contributed by atoms with Crippen molar-refractivity contribution in [3.63, 3.8) is 0 Å². The van der Waals surface area contributed by atoms with Gasteiger partial charge in [0.2, 0.25) is 5.91 Å². The maximum atomic E-state index is 12.6. The summed E-state index contributed by atoms with van der Waals surface area (Å²) in [6.07, 6.45) is 6.64. The minimum atomic E-state index is -0.264. The van der Waals surface area contributed by atoms with Crippen molar-refractivity contribution in [2.75, 3.05) is 12.3 Å². The summed E-state index contributed by atoms with van der Waals surface area (Å²) in [7, 11) is 0. The van der Waals surface area contributed by atoms with Crippen LogP contribution in [0.2, 0.25) is 0 Å². The molecular formula is C13H20N2OS. The Kier molecular flexibility index (Phi) is 3.98. The number of hydrogen-bond acceptors (Lipinski definition) is 3. The number of hydrogen-bond donors (Lipinski definition) is 0. The molecule has 17 heavy (non-hydrogen) atoms. The van der Waals surface area contributed by atoms with E-state index in [9.17, 15) is 4.79 Å². The first-order valence-corrected chi connectivity index (χ1v) is 7.48. The standard InChI is InChI=1S/C13H20N2OS/c1-13(7-4-10-17-13)12(16)15(9-8-14)11-5-2-3-6-11/h11H,2-7,9-10H2,1H3. The fourth-order valence-corrected chi connectivity index (χ4v) is 4.18. The number of nitrogens with zero attached hydrogens (tertiary/aromatic N) is 2. The monoisotopic (exact) mass is 252 g/mol. The molecule has 1 aliphatic heterocycles. The van der Waals surface area contributed by atoms with Gasteiger partial charge in [0.15, 0.2) is 0 Å². The van der Waals surface area contributed by atoms with E-state index < -0.39 is 0 Å². The molecule has 3 nitrogen and oxygen atoms in total. The molecule has 4 heteroatoms. The van der Waals surface area contributed by atoms with Crippen molar-refractivity contribution in [2.24, 2.45) is 0 Å². The smallest absolute Gasteiger partial charge is 0.239 e. The number of nitriles is 1. The van der Waals surface area contributed by atoms with Gasteiger partial charge in [0.05, 0.1) is 10.8 Å². The molecule has 2 rings (SSSR count). The molecule has 1 aliphatic carbocycles. The summed E-state index contributed by atoms with van der Waals surface area (Å²) in [6, 6.07) is 2.48. The molecule has 0 aromatic carbocycles. The number of carbonyl (C=O) groups excluding carboxylic acids is 1. The Labute approximate surface area is 108 Å². The SMILES string of the molecule is CC1(C(=O)N(CC#N)C2CCCC2)CCCS1. The van der Waals surface area contributed by atoms with Crippen molar-refractivity contribution in [2.45, 2.75) is 56.2 Å². The van der Waals surface area contributed by atoms with Crippen molar-refractivity contribution in [3.8, 4) is 6.07 Å². The van der Waals surface area contributed by atoms with Crippen molar-refractivity contribution < 1.29 is 4.79 Å². The van der Waals surface area contributed by atoms with Gasteiger partial charge in [-0.2, -0.15) is 5.26 Å². The molecule has 2 fully saturated rings. The van der Waals surface area contributed by atoms with E-state index in [1.165, 1.54) is 12.8 Å². The van der Waals surface area contributed by atoms with Crippen LogP contribution in [0.25, 0.3) is 0 Å². The Morgan fingerprint density at radius 1 is 1.47 bits per heavy atom. The number of amides is 1. The van der Waals surface area contributed by atoms with Crippen LogP contribution in [0, 0.1) is 11.3 Å². The summed E-state index contributed by atoms with van der Waals surface area (Å²) < 4.78 is -0.264. The van der Waals surface area contributed by atoms with E-state index in [2.05, 4.69) is 6.07 Å². The lowest BCUT2D eigenvalue weighted by molar-refractivity contribution is -0.135. The second-order valence-electron chi connectivity index (χ2n) is 5.21. The third kappa shape index (κ3) is 2.60. The molecule has 1 unspecified atom stereocenters. The summed E-state index contributed by atoms with van der Waals surface area (Å²) in [5.74, 6) is 1.28. The molecule has 1 atom stereocenters. The third-order valence-electron chi connectivity index (χ3n) is 3.94. The molecule has 1 saturated carbocycles. The van der Waals surface area contributed by atoms with Crippen LogP contribution in [0.3, 0.4) is 0 Å². The third-order valence-corrected chi connectivity index (χ3v) is 5.45. The molecule has 0 spiro atoms. The van der Waals surface area contributed by atoms with Crippen LogP contribution in [0.4, 0.5) is 0 Å². The Morgan fingerprint density at radius 3 is 2.71 bits per heavy atom. The van der Waals surface area contributed by atoms with Gasteiger partial charge in [-0.15, -0.1) is 11.8 Å². The minimum absolute atomic E-state index is 0.202. The van der Waals surface area contributed by atoms with Gasteiger partial charge >= 0.3 is 0 Å². The first kappa shape index (κ1) is 12.8. The Bertz CT molecular complexity index is 325. The molecule has 1 heterocycles. The first-order chi connectivity index (χ1) is 8.17. The molecule has 0 aromatic rings. The average Bonchev–Trinajstić information content (AvgIpc) is 2.96. The topological polar surface area (TPSA) is 44.1 Å². The highest BCUT2D eigenvalue weighted by Gasteiger charge is 2.42. The number of thioether (sulfide) groups is 1. The van der Waals surface area contributed by atoms with E-state index in [0.717, 1.165) is 31.4 Å². The van der Waals surface area contributed by atoms with Crippen LogP contribution in [-0.2, 0) is 4.79 Å². The lowest BCUT2D eigenvalue weighted by Gasteiger charge is -2.33. The van der Waals surface area contributed by atoms with E-state index >= 15 is 0 Å². The second-order valence-corrected chi connectivity index (χ2v) is 6.81. The average molecular weight is 252 g/mol. The molecular weight excluding hydrogens is 232 g/mol. The largest absolute Gasteiger partial charge is 0.325 e. The molecule has 0 bridgehead atoms. The Hall–Kier alpha value is -0.690. The fraction of sp³-hybridized carbons (Fsp3) is 0.846. The van der Waals surface area contributed by atoms with Crippen LogP contribution >= 0.6 is 11.8 Å². The first-order valence-electron chi connectivity index (χ1n) is 6.49. The summed E-state index contributed by atoms with van der Waals surface area (Å²) in [5, 5.41) is 8.92. The predicted octanol–water partition coefficient (Wildman–Crippen LogP) is 2.57. The van der Waals surface area contributed by atoms with Crippen LogP contribution in [0.1, 0.15) is 45.4 Å². The maximum absolute atomic E-state index is 12.6. The molecule has 0 N–H and O–H groups in total. The summed E-state index contributed by atoms with van der Waals surface area (Å²) in [4.78, 5) is 14.5. The van der Waals surface area contributed by atoms with Crippen LogP contribution < -0.4 is 0 Å². The van der Waals surface area contributed by atoms with E-state index in [4.69, 9.17) is 5.26 Å². The molecule has 2 aliphatic rings. The highest BCUT2D eigenvalue weighted by molar-refractivity contribution is 8.01. The second kappa shape index (κ2) is 5.30. The predicted molar refractivity (Wildman–Crippen MR) is 69.7 cm³/mol. The van der Waals surface area contributed by atoms with Crippen molar-refractivity contribution in [3.05, 3.63) is 0 Å². The van der Waals surface area contributed by atoms with Gasteiger partial charge in [0.1, 0.15) is 6.54 Å². The molecule has 0 radical (unpaired) electrons. The molecule has 94 valence electrons. The van der Waals surface area contributed by atoms with E-state index in [1.54, 1.807) is 11.8 Å². The van der Waals surface area contributed by atoms with Gasteiger partial charge in [-0.25, -0.2) is 0 Å². The summed E-state index contributed by atoms with van der Waals surface area (Å²) in [5.41, 5.74) is 0. The van der Waals surface area contributed by atoms with Gasteiger partial charge in [-0.1, -0.05) is 12.8 Å². The highest BCUT2D eigenvalue weighted by atomic mass is 32.2. The Balaban J connectivity index is 2.09. The maximum Gasteiger partial charge on any atom is 0.239 e. The number of rotatable bonds is 3. The van der Waals surface area contributed by atoms with E-state index in [1.807, 2.05) is 11.8 Å². The van der Waals surface area contributed by atoms with Gasteiger partial charge in [-0.3, -0.25) is 4.79 Å². The van der Waals surface area contributed by atoms with Crippen molar-refractivity contribution in [1.82, 2.24) is 4.90 Å². The summed E-state index contributed by atoms with van der Waals surface area (Å²) >= 11 is 1.77. The van der Waals surface area contributed by atoms with Crippen molar-refractivity contribution in [1.29, 1.82) is 5.26 Å². The van der Waals surface area contributed by atoms with Gasteiger partial charge in [-0.05, 0) is 38.4 Å². The van der Waals surface area contributed by atoms with Crippen molar-refractivity contribution >= 4 is 17.7 Å². The zero-order valence-corrected chi connectivity index (χ0v) is 11.3. The van der Waals surface area contributed by atoms with Gasteiger partial charge in [0.25, 0.3) is 0 Å². The van der Waals surface area contributed by atoms with Crippen LogP contribution in [-0.4, -0.2) is 33.9 Å². The zero-order chi connectivity index (χ0) is 12.3. The fourth-order valence-electron chi connectivity index (χ4n) is 2.91. The van der Waals surface area contributed by atoms with Crippen LogP contribution in [0.5, 0.6) is 0 Å². The van der Waals surface area contributed by atoms with Crippen LogP contribution in [0.15, 0.2) is 0 Å². The lowest BCUT2D eigenvalue weighted by atomic mass is 10.0. The molecule has 1 saturated heterocycles.